The first-order valence-electron chi connectivity index (χ1n) is 8.64. The smallest absolute Gasteiger partial charge is 0.340 e. The van der Waals surface area contributed by atoms with Crippen molar-refractivity contribution in [3.05, 3.63) is 70.9 Å². The molecular formula is C22H21NO4S. The fourth-order valence-electron chi connectivity index (χ4n) is 3.11. The molecule has 3 rings (SSSR count). The van der Waals surface area contributed by atoms with Crippen molar-refractivity contribution >= 4 is 35.4 Å². The molecule has 0 unspecified atom stereocenters. The summed E-state index contributed by atoms with van der Waals surface area (Å²) >= 11 is 1.59. The molecular weight excluding hydrogens is 374 g/mol. The lowest BCUT2D eigenvalue weighted by Gasteiger charge is -2.18. The van der Waals surface area contributed by atoms with E-state index in [9.17, 15) is 9.59 Å². The first-order valence-corrected chi connectivity index (χ1v) is 9.86. The molecule has 0 N–H and O–H groups in total. The van der Waals surface area contributed by atoms with E-state index in [0.717, 1.165) is 16.2 Å². The Hall–Kier alpha value is -2.99. The molecule has 0 fully saturated rings. The van der Waals surface area contributed by atoms with Crippen LogP contribution in [0.5, 0.6) is 5.75 Å². The van der Waals surface area contributed by atoms with Crippen molar-refractivity contribution in [1.29, 1.82) is 0 Å². The maximum Gasteiger partial charge on any atom is 0.340 e. The number of methoxy groups -OCH3 is 2. The second kappa shape index (κ2) is 8.35. The van der Waals surface area contributed by atoms with Gasteiger partial charge in [0, 0.05) is 10.6 Å². The van der Waals surface area contributed by atoms with Crippen molar-refractivity contribution in [2.45, 2.75) is 11.8 Å². The van der Waals surface area contributed by atoms with E-state index in [2.05, 4.69) is 0 Å². The monoisotopic (exact) mass is 395 g/mol. The molecule has 28 heavy (non-hydrogen) atoms. The first kappa shape index (κ1) is 19.8. The zero-order chi connectivity index (χ0) is 20.3. The van der Waals surface area contributed by atoms with Crippen molar-refractivity contribution in [2.24, 2.45) is 0 Å². The molecule has 0 saturated carbocycles. The number of allylic oxidation sites excluding steroid dienone is 1. The quantitative estimate of drug-likeness (QED) is 0.429. The van der Waals surface area contributed by atoms with Gasteiger partial charge in [-0.25, -0.2) is 4.79 Å². The Balaban J connectivity index is 2.10. The minimum Gasteiger partial charge on any atom is -0.497 e. The average molecular weight is 395 g/mol. The number of esters is 1. The number of carbonyl (C=O) groups is 2. The standard InChI is InChI=1S/C22H21NO4S/c1-14-20(22(25)27-3)19(12-15-8-10-17(26-2)11-9-15)21(24)23(14)16-6-5-7-18(13-16)28-4/h5-13H,1-4H3/b19-12-. The molecule has 0 spiro atoms. The minimum absolute atomic E-state index is 0.257. The van der Waals surface area contributed by atoms with Crippen LogP contribution in [0.25, 0.3) is 6.08 Å². The average Bonchev–Trinajstić information content (AvgIpc) is 2.97. The molecule has 1 aliphatic heterocycles. The molecule has 5 nitrogen and oxygen atoms in total. The molecule has 1 amide bonds. The predicted octanol–water partition coefficient (Wildman–Crippen LogP) is 4.29. The van der Waals surface area contributed by atoms with Gasteiger partial charge in [-0.2, -0.15) is 0 Å². The van der Waals surface area contributed by atoms with Crippen LogP contribution in [0.2, 0.25) is 0 Å². The number of ether oxygens (including phenoxy) is 2. The van der Waals surface area contributed by atoms with Crippen molar-refractivity contribution in [2.75, 3.05) is 25.4 Å². The SMILES string of the molecule is COC(=O)C1=C(C)N(c2cccc(SC)c2)C(=O)/C1=C\c1ccc(OC)cc1. The van der Waals surface area contributed by atoms with Gasteiger partial charge in [-0.05, 0) is 55.2 Å². The molecule has 0 atom stereocenters. The van der Waals surface area contributed by atoms with Crippen LogP contribution < -0.4 is 9.64 Å². The Labute approximate surface area is 168 Å². The van der Waals surface area contributed by atoms with Gasteiger partial charge < -0.3 is 9.47 Å². The number of hydrogen-bond donors (Lipinski definition) is 0. The number of rotatable bonds is 5. The highest BCUT2D eigenvalue weighted by Gasteiger charge is 2.37. The number of hydrogen-bond acceptors (Lipinski definition) is 5. The van der Waals surface area contributed by atoms with Crippen molar-refractivity contribution < 1.29 is 19.1 Å². The normalized spacial score (nSPS) is 15.4. The van der Waals surface area contributed by atoms with Gasteiger partial charge in [0.1, 0.15) is 5.75 Å². The van der Waals surface area contributed by atoms with E-state index in [4.69, 9.17) is 9.47 Å². The summed E-state index contributed by atoms with van der Waals surface area (Å²) in [6.07, 6.45) is 3.68. The van der Waals surface area contributed by atoms with Gasteiger partial charge in [-0.15, -0.1) is 11.8 Å². The zero-order valence-corrected chi connectivity index (χ0v) is 17.0. The Morgan fingerprint density at radius 3 is 2.43 bits per heavy atom. The van der Waals surface area contributed by atoms with E-state index < -0.39 is 5.97 Å². The van der Waals surface area contributed by atoms with E-state index in [1.165, 1.54) is 7.11 Å². The van der Waals surface area contributed by atoms with E-state index in [1.54, 1.807) is 48.9 Å². The van der Waals surface area contributed by atoms with Crippen LogP contribution in [0.15, 0.2) is 70.3 Å². The van der Waals surface area contributed by atoms with Crippen LogP contribution in [0, 0.1) is 0 Å². The molecule has 2 aromatic carbocycles. The third kappa shape index (κ3) is 3.68. The molecule has 0 radical (unpaired) electrons. The topological polar surface area (TPSA) is 55.8 Å². The van der Waals surface area contributed by atoms with Gasteiger partial charge in [-0.3, -0.25) is 9.69 Å². The summed E-state index contributed by atoms with van der Waals surface area (Å²) in [5, 5.41) is 0. The highest BCUT2D eigenvalue weighted by Crippen LogP contribution is 2.36. The molecule has 2 aromatic rings. The van der Waals surface area contributed by atoms with Crippen LogP contribution in [0.1, 0.15) is 12.5 Å². The molecule has 1 aliphatic rings. The highest BCUT2D eigenvalue weighted by molar-refractivity contribution is 7.98. The Morgan fingerprint density at radius 2 is 1.82 bits per heavy atom. The Morgan fingerprint density at radius 1 is 1.11 bits per heavy atom. The van der Waals surface area contributed by atoms with E-state index in [0.29, 0.717) is 17.0 Å². The van der Waals surface area contributed by atoms with Gasteiger partial charge in [0.05, 0.1) is 31.1 Å². The van der Waals surface area contributed by atoms with Crippen molar-refractivity contribution in [3.8, 4) is 5.75 Å². The number of benzene rings is 2. The van der Waals surface area contributed by atoms with Crippen molar-refractivity contribution in [3.63, 3.8) is 0 Å². The summed E-state index contributed by atoms with van der Waals surface area (Å²) in [5.41, 5.74) is 2.64. The largest absolute Gasteiger partial charge is 0.497 e. The van der Waals surface area contributed by atoms with Gasteiger partial charge in [0.15, 0.2) is 0 Å². The number of anilines is 1. The number of amides is 1. The van der Waals surface area contributed by atoms with Crippen LogP contribution in [0.3, 0.4) is 0 Å². The lowest BCUT2D eigenvalue weighted by molar-refractivity contribution is -0.136. The third-order valence-corrected chi connectivity index (χ3v) is 5.25. The molecule has 0 aliphatic carbocycles. The van der Waals surface area contributed by atoms with Gasteiger partial charge in [0.2, 0.25) is 0 Å². The molecule has 1 heterocycles. The summed E-state index contributed by atoms with van der Waals surface area (Å²) in [4.78, 5) is 28.3. The summed E-state index contributed by atoms with van der Waals surface area (Å²) in [6.45, 7) is 1.75. The van der Waals surface area contributed by atoms with Gasteiger partial charge >= 0.3 is 5.97 Å². The van der Waals surface area contributed by atoms with E-state index in [1.807, 2.05) is 42.7 Å². The molecule has 0 aromatic heterocycles. The molecule has 0 saturated heterocycles. The number of thioether (sulfide) groups is 1. The van der Waals surface area contributed by atoms with Crippen LogP contribution in [0.4, 0.5) is 5.69 Å². The minimum atomic E-state index is -0.533. The Kier molecular flexibility index (Phi) is 5.90. The fourth-order valence-corrected chi connectivity index (χ4v) is 3.56. The van der Waals surface area contributed by atoms with E-state index in [-0.39, 0.29) is 11.5 Å². The lowest BCUT2D eigenvalue weighted by atomic mass is 10.0. The molecule has 6 heteroatoms. The Bertz CT molecular complexity index is 976. The predicted molar refractivity (Wildman–Crippen MR) is 111 cm³/mol. The van der Waals surface area contributed by atoms with Crippen LogP contribution in [-0.2, 0) is 14.3 Å². The zero-order valence-electron chi connectivity index (χ0n) is 16.2. The lowest BCUT2D eigenvalue weighted by Crippen LogP contribution is -2.24. The first-order chi connectivity index (χ1) is 13.5. The summed E-state index contributed by atoms with van der Waals surface area (Å²) < 4.78 is 10.1. The molecule has 0 bridgehead atoms. The maximum atomic E-state index is 13.3. The fraction of sp³-hybridized carbons (Fsp3) is 0.182. The number of nitrogens with zero attached hydrogens (tertiary/aromatic N) is 1. The van der Waals surface area contributed by atoms with Gasteiger partial charge in [-0.1, -0.05) is 18.2 Å². The van der Waals surface area contributed by atoms with Crippen molar-refractivity contribution in [1.82, 2.24) is 0 Å². The van der Waals surface area contributed by atoms with E-state index >= 15 is 0 Å². The summed E-state index contributed by atoms with van der Waals surface area (Å²) in [6, 6.07) is 14.9. The molecule has 144 valence electrons. The van der Waals surface area contributed by atoms with Gasteiger partial charge in [0.25, 0.3) is 5.91 Å². The summed E-state index contributed by atoms with van der Waals surface area (Å²) in [5.74, 6) is -0.0728. The third-order valence-electron chi connectivity index (χ3n) is 4.53. The van der Waals surface area contributed by atoms with Crippen LogP contribution in [-0.4, -0.2) is 32.4 Å². The van der Waals surface area contributed by atoms with Crippen LogP contribution >= 0.6 is 11.8 Å². The highest BCUT2D eigenvalue weighted by atomic mass is 32.2. The second-order valence-corrected chi connectivity index (χ2v) is 7.00. The second-order valence-electron chi connectivity index (χ2n) is 6.13. The maximum absolute atomic E-state index is 13.3. The summed E-state index contributed by atoms with van der Waals surface area (Å²) in [7, 11) is 2.91. The number of carbonyl (C=O) groups excluding carboxylic acids is 2.